The van der Waals surface area contributed by atoms with Gasteiger partial charge in [-0.1, -0.05) is 5.16 Å². The summed E-state index contributed by atoms with van der Waals surface area (Å²) in [7, 11) is 1.61. The highest BCUT2D eigenvalue weighted by atomic mass is 16.5. The Morgan fingerprint density at radius 3 is 2.79 bits per heavy atom. The van der Waals surface area contributed by atoms with Crippen molar-refractivity contribution in [1.29, 1.82) is 0 Å². The fourth-order valence-electron chi connectivity index (χ4n) is 3.67. The predicted octanol–water partition coefficient (Wildman–Crippen LogP) is 3.51. The fourth-order valence-corrected chi connectivity index (χ4v) is 3.67. The molecule has 8 heteroatoms. The van der Waals surface area contributed by atoms with E-state index in [1.54, 1.807) is 37.6 Å². The van der Waals surface area contributed by atoms with E-state index < -0.39 is 0 Å². The molecule has 0 aliphatic carbocycles. The van der Waals surface area contributed by atoms with E-state index in [-0.39, 0.29) is 18.6 Å². The topological polar surface area (TPSA) is 93.5 Å². The number of amides is 1. The molecule has 0 bridgehead atoms. The number of H-pyrrole nitrogens is 1. The van der Waals surface area contributed by atoms with Gasteiger partial charge in [0.25, 0.3) is 5.91 Å². The molecular formula is C21H24N4O4. The molecule has 1 atom stereocenters. The van der Waals surface area contributed by atoms with Crippen molar-refractivity contribution < 1.29 is 18.8 Å². The van der Waals surface area contributed by atoms with E-state index in [1.165, 1.54) is 0 Å². The third-order valence-corrected chi connectivity index (χ3v) is 5.14. The second kappa shape index (κ2) is 8.38. The number of benzene rings is 1. The van der Waals surface area contributed by atoms with Crippen LogP contribution in [-0.2, 0) is 4.79 Å². The number of nitrogens with one attached hydrogen (secondary N) is 1. The highest BCUT2D eigenvalue weighted by Crippen LogP contribution is 2.36. The van der Waals surface area contributed by atoms with Gasteiger partial charge in [0.2, 0.25) is 0 Å². The second-order valence-corrected chi connectivity index (χ2v) is 7.09. The first-order chi connectivity index (χ1) is 14.2. The molecule has 0 radical (unpaired) electrons. The molecule has 8 nitrogen and oxygen atoms in total. The quantitative estimate of drug-likeness (QED) is 0.685. The summed E-state index contributed by atoms with van der Waals surface area (Å²) in [5.41, 5.74) is 2.52. The standard InChI is InChI=1S/C21H24N4O4/c1-14-11-19(29-24-14)17-12-22-23-21(17)18-5-3-4-10-25(18)20(26)13-28-16-8-6-15(27-2)7-9-16/h6-9,11-12,18H,3-5,10,13H2,1-2H3,(H,22,23)/t18-/m1/s1. The van der Waals surface area contributed by atoms with Crippen LogP contribution >= 0.6 is 0 Å². The molecule has 4 rings (SSSR count). The summed E-state index contributed by atoms with van der Waals surface area (Å²) in [6, 6.07) is 8.96. The molecular weight excluding hydrogens is 372 g/mol. The van der Waals surface area contributed by atoms with Crippen molar-refractivity contribution in [2.75, 3.05) is 20.3 Å². The minimum absolute atomic E-state index is 0.0201. The molecule has 0 saturated carbocycles. The van der Waals surface area contributed by atoms with Gasteiger partial charge in [0.15, 0.2) is 12.4 Å². The molecule has 0 spiro atoms. The van der Waals surface area contributed by atoms with Gasteiger partial charge in [0.05, 0.1) is 36.3 Å². The predicted molar refractivity (Wildman–Crippen MR) is 106 cm³/mol. The van der Waals surface area contributed by atoms with Crippen LogP contribution in [0.3, 0.4) is 0 Å². The molecule has 1 fully saturated rings. The number of hydrogen-bond donors (Lipinski definition) is 1. The Hall–Kier alpha value is -3.29. The maximum Gasteiger partial charge on any atom is 0.261 e. The maximum atomic E-state index is 13.0. The summed E-state index contributed by atoms with van der Waals surface area (Å²) in [4.78, 5) is 14.8. The van der Waals surface area contributed by atoms with Gasteiger partial charge in [-0.15, -0.1) is 0 Å². The lowest BCUT2D eigenvalue weighted by molar-refractivity contribution is -0.137. The van der Waals surface area contributed by atoms with Crippen LogP contribution in [0, 0.1) is 6.92 Å². The van der Waals surface area contributed by atoms with E-state index in [2.05, 4.69) is 15.4 Å². The summed E-state index contributed by atoms with van der Waals surface area (Å²) >= 11 is 0. The summed E-state index contributed by atoms with van der Waals surface area (Å²) in [6.45, 7) is 2.54. The highest BCUT2D eigenvalue weighted by Gasteiger charge is 2.32. The lowest BCUT2D eigenvalue weighted by atomic mass is 9.96. The Morgan fingerprint density at radius 2 is 2.07 bits per heavy atom. The number of piperidine rings is 1. The van der Waals surface area contributed by atoms with Gasteiger partial charge in [0.1, 0.15) is 11.5 Å². The van der Waals surface area contributed by atoms with Gasteiger partial charge in [-0.2, -0.15) is 5.10 Å². The van der Waals surface area contributed by atoms with E-state index in [4.69, 9.17) is 14.0 Å². The zero-order chi connectivity index (χ0) is 20.2. The number of aromatic nitrogens is 3. The number of rotatable bonds is 6. The highest BCUT2D eigenvalue weighted by molar-refractivity contribution is 5.79. The molecule has 1 aromatic carbocycles. The molecule has 152 valence electrons. The first kappa shape index (κ1) is 19.0. The molecule has 3 heterocycles. The number of hydrogen-bond acceptors (Lipinski definition) is 6. The first-order valence-corrected chi connectivity index (χ1v) is 9.69. The largest absolute Gasteiger partial charge is 0.497 e. The van der Waals surface area contributed by atoms with Crippen LogP contribution in [0.4, 0.5) is 0 Å². The Bertz CT molecular complexity index is 963. The Morgan fingerprint density at radius 1 is 1.28 bits per heavy atom. The van der Waals surface area contributed by atoms with Crippen molar-refractivity contribution in [2.45, 2.75) is 32.2 Å². The third kappa shape index (κ3) is 4.11. The number of carbonyl (C=O) groups is 1. The van der Waals surface area contributed by atoms with Gasteiger partial charge < -0.3 is 18.9 Å². The molecule has 2 aromatic heterocycles. The van der Waals surface area contributed by atoms with Crippen LogP contribution in [0.1, 0.15) is 36.7 Å². The fraction of sp³-hybridized carbons (Fsp3) is 0.381. The Balaban J connectivity index is 1.49. The molecule has 1 N–H and O–H groups in total. The average molecular weight is 396 g/mol. The zero-order valence-electron chi connectivity index (χ0n) is 16.6. The number of aryl methyl sites for hydroxylation is 1. The van der Waals surface area contributed by atoms with E-state index in [0.717, 1.165) is 42.0 Å². The summed E-state index contributed by atoms with van der Waals surface area (Å²) in [6.07, 6.45) is 4.59. The van der Waals surface area contributed by atoms with Gasteiger partial charge in [-0.25, -0.2) is 0 Å². The van der Waals surface area contributed by atoms with Crippen LogP contribution in [0.2, 0.25) is 0 Å². The lowest BCUT2D eigenvalue weighted by Crippen LogP contribution is -2.41. The van der Waals surface area contributed by atoms with E-state index in [9.17, 15) is 4.79 Å². The monoisotopic (exact) mass is 396 g/mol. The van der Waals surface area contributed by atoms with Crippen LogP contribution in [0.5, 0.6) is 11.5 Å². The lowest BCUT2D eigenvalue weighted by Gasteiger charge is -2.35. The second-order valence-electron chi connectivity index (χ2n) is 7.09. The van der Waals surface area contributed by atoms with Crippen molar-refractivity contribution in [1.82, 2.24) is 20.3 Å². The third-order valence-electron chi connectivity index (χ3n) is 5.14. The van der Waals surface area contributed by atoms with Crippen molar-refractivity contribution in [3.8, 4) is 22.8 Å². The van der Waals surface area contributed by atoms with Gasteiger partial charge in [-0.3, -0.25) is 9.89 Å². The summed E-state index contributed by atoms with van der Waals surface area (Å²) < 4.78 is 16.3. The molecule has 1 aliphatic rings. The van der Waals surface area contributed by atoms with Crippen molar-refractivity contribution in [2.24, 2.45) is 0 Å². The number of nitrogens with zero attached hydrogens (tertiary/aromatic N) is 3. The molecule has 29 heavy (non-hydrogen) atoms. The maximum absolute atomic E-state index is 13.0. The van der Waals surface area contributed by atoms with Crippen molar-refractivity contribution in [3.63, 3.8) is 0 Å². The van der Waals surface area contributed by atoms with E-state index in [1.807, 2.05) is 17.9 Å². The van der Waals surface area contributed by atoms with Crippen molar-refractivity contribution >= 4 is 5.91 Å². The SMILES string of the molecule is COc1ccc(OCC(=O)N2CCCC[C@@H]2c2[nH]ncc2-c2cc(C)no2)cc1. The van der Waals surface area contributed by atoms with E-state index >= 15 is 0 Å². The minimum atomic E-state index is -0.0985. The number of methoxy groups -OCH3 is 1. The Labute approximate surface area is 168 Å². The average Bonchev–Trinajstić information content (AvgIpc) is 3.41. The molecule has 0 unspecified atom stereocenters. The molecule has 1 saturated heterocycles. The van der Waals surface area contributed by atoms with E-state index in [0.29, 0.717) is 18.1 Å². The van der Waals surface area contributed by atoms with Gasteiger partial charge in [0, 0.05) is 12.6 Å². The molecule has 1 aliphatic heterocycles. The Kier molecular flexibility index (Phi) is 5.50. The smallest absolute Gasteiger partial charge is 0.261 e. The number of ether oxygens (including phenoxy) is 2. The zero-order valence-corrected chi connectivity index (χ0v) is 16.6. The van der Waals surface area contributed by atoms with Crippen LogP contribution in [0.25, 0.3) is 11.3 Å². The number of carbonyl (C=O) groups excluding carboxylic acids is 1. The van der Waals surface area contributed by atoms with Crippen molar-refractivity contribution in [3.05, 3.63) is 47.9 Å². The summed E-state index contributed by atoms with van der Waals surface area (Å²) in [5, 5.41) is 11.2. The van der Waals surface area contributed by atoms with Crippen LogP contribution in [0.15, 0.2) is 41.1 Å². The molecule has 1 amide bonds. The number of aromatic amines is 1. The van der Waals surface area contributed by atoms with Gasteiger partial charge in [-0.05, 0) is 50.5 Å². The van der Waals surface area contributed by atoms with Gasteiger partial charge >= 0.3 is 0 Å². The van der Waals surface area contributed by atoms with Crippen LogP contribution < -0.4 is 9.47 Å². The minimum Gasteiger partial charge on any atom is -0.497 e. The van der Waals surface area contributed by atoms with Crippen LogP contribution in [-0.4, -0.2) is 46.4 Å². The number of likely N-dealkylation sites (tertiary alicyclic amines) is 1. The normalized spacial score (nSPS) is 16.6. The molecule has 3 aromatic rings. The summed E-state index contributed by atoms with van der Waals surface area (Å²) in [5.74, 6) is 1.97. The first-order valence-electron chi connectivity index (χ1n) is 9.69.